The highest BCUT2D eigenvalue weighted by Crippen LogP contribution is 2.34. The molecule has 0 spiro atoms. The molecular formula is C16H27N3O. The Bertz CT molecular complexity index is 455. The fourth-order valence-corrected chi connectivity index (χ4v) is 3.82. The number of aliphatic hydroxyl groups is 1. The first kappa shape index (κ1) is 14.1. The molecule has 2 unspecified atom stereocenters. The number of fused-ring (bicyclic) bond motifs is 1. The Hall–Kier alpha value is -0.870. The molecule has 1 fully saturated rings. The highest BCUT2D eigenvalue weighted by Gasteiger charge is 2.30. The summed E-state index contributed by atoms with van der Waals surface area (Å²) in [7, 11) is 0. The molecule has 0 aliphatic carbocycles. The largest absolute Gasteiger partial charge is 0.396 e. The van der Waals surface area contributed by atoms with Crippen LogP contribution in [0.2, 0.25) is 0 Å². The molecule has 1 saturated heterocycles. The van der Waals surface area contributed by atoms with Crippen molar-refractivity contribution >= 4 is 0 Å². The molecule has 2 aliphatic rings. The highest BCUT2D eigenvalue weighted by atomic mass is 16.3. The van der Waals surface area contributed by atoms with E-state index < -0.39 is 0 Å². The number of aliphatic hydroxyl groups excluding tert-OH is 1. The van der Waals surface area contributed by atoms with E-state index in [-0.39, 0.29) is 12.5 Å². The quantitative estimate of drug-likeness (QED) is 0.923. The van der Waals surface area contributed by atoms with Crippen LogP contribution in [0.1, 0.15) is 69.4 Å². The zero-order chi connectivity index (χ0) is 14.1. The molecule has 0 bridgehead atoms. The molecule has 1 N–H and O–H groups in total. The lowest BCUT2D eigenvalue weighted by molar-refractivity contribution is 0.109. The van der Waals surface area contributed by atoms with Crippen molar-refractivity contribution in [1.82, 2.24) is 14.5 Å². The van der Waals surface area contributed by atoms with Gasteiger partial charge < -0.3 is 9.67 Å². The number of imidazole rings is 1. The van der Waals surface area contributed by atoms with Crippen LogP contribution >= 0.6 is 0 Å². The van der Waals surface area contributed by atoms with E-state index >= 15 is 0 Å². The topological polar surface area (TPSA) is 41.3 Å². The lowest BCUT2D eigenvalue weighted by Crippen LogP contribution is -2.38. The number of aryl methyl sites for hydroxylation is 1. The highest BCUT2D eigenvalue weighted by molar-refractivity contribution is 5.15. The normalized spacial score (nSPS) is 27.8. The number of hydrogen-bond donors (Lipinski definition) is 1. The molecule has 0 aromatic carbocycles. The van der Waals surface area contributed by atoms with Crippen molar-refractivity contribution in [2.45, 2.75) is 70.5 Å². The molecular weight excluding hydrogens is 250 g/mol. The van der Waals surface area contributed by atoms with Crippen molar-refractivity contribution in [3.8, 4) is 0 Å². The van der Waals surface area contributed by atoms with Gasteiger partial charge in [-0.2, -0.15) is 0 Å². The third-order valence-corrected chi connectivity index (χ3v) is 4.91. The summed E-state index contributed by atoms with van der Waals surface area (Å²) in [4.78, 5) is 7.51. The summed E-state index contributed by atoms with van der Waals surface area (Å²) in [5.74, 6) is 1.36. The van der Waals surface area contributed by atoms with Gasteiger partial charge in [-0.1, -0.05) is 6.42 Å². The Kier molecular flexibility index (Phi) is 4.13. The van der Waals surface area contributed by atoms with E-state index in [1.54, 1.807) is 0 Å². The van der Waals surface area contributed by atoms with Crippen molar-refractivity contribution in [3.05, 3.63) is 17.7 Å². The van der Waals surface area contributed by atoms with Crippen LogP contribution < -0.4 is 0 Å². The molecule has 4 heteroatoms. The van der Waals surface area contributed by atoms with Crippen molar-refractivity contribution in [2.75, 3.05) is 13.2 Å². The van der Waals surface area contributed by atoms with Crippen LogP contribution in [0.25, 0.3) is 0 Å². The van der Waals surface area contributed by atoms with Gasteiger partial charge >= 0.3 is 0 Å². The first-order chi connectivity index (χ1) is 9.70. The van der Waals surface area contributed by atoms with E-state index in [9.17, 15) is 5.11 Å². The number of aromatic nitrogens is 2. The second kappa shape index (κ2) is 5.86. The minimum Gasteiger partial charge on any atom is -0.396 e. The zero-order valence-electron chi connectivity index (χ0n) is 12.8. The van der Waals surface area contributed by atoms with Crippen LogP contribution in [-0.4, -0.2) is 38.8 Å². The van der Waals surface area contributed by atoms with E-state index in [4.69, 9.17) is 4.98 Å². The monoisotopic (exact) mass is 277 g/mol. The lowest BCUT2D eigenvalue weighted by atomic mass is 9.98. The predicted molar refractivity (Wildman–Crippen MR) is 79.7 cm³/mol. The van der Waals surface area contributed by atoms with E-state index in [1.807, 2.05) is 0 Å². The molecule has 0 saturated carbocycles. The van der Waals surface area contributed by atoms with E-state index in [2.05, 4.69) is 29.5 Å². The summed E-state index contributed by atoms with van der Waals surface area (Å²) >= 11 is 0. The van der Waals surface area contributed by atoms with Crippen LogP contribution in [-0.2, 0) is 6.54 Å². The maximum Gasteiger partial charge on any atom is 0.114 e. The van der Waals surface area contributed by atoms with Gasteiger partial charge in [0.05, 0.1) is 18.3 Å². The Morgan fingerprint density at radius 3 is 2.85 bits per heavy atom. The second-order valence-corrected chi connectivity index (χ2v) is 6.58. The average Bonchev–Trinajstić information content (AvgIpc) is 2.90. The summed E-state index contributed by atoms with van der Waals surface area (Å²) in [5, 5.41) is 9.53. The number of nitrogens with zero attached hydrogens (tertiary/aromatic N) is 3. The molecule has 1 aromatic heterocycles. The molecule has 0 amide bonds. The molecule has 3 heterocycles. The van der Waals surface area contributed by atoms with Gasteiger partial charge in [-0.15, -0.1) is 0 Å². The fourth-order valence-electron chi connectivity index (χ4n) is 3.82. The standard InChI is InChI=1S/C16H27N3O/c1-12(2)19-9-4-3-7-15(19)14-10-18-8-5-6-13(11-20)16(18)17-14/h10,12-13,15,20H,3-9,11H2,1-2H3. The minimum atomic E-state index is 0.231. The van der Waals surface area contributed by atoms with Crippen LogP contribution in [0, 0.1) is 0 Å². The van der Waals surface area contributed by atoms with Gasteiger partial charge in [0.15, 0.2) is 0 Å². The predicted octanol–water partition coefficient (Wildman–Crippen LogP) is 2.69. The third-order valence-electron chi connectivity index (χ3n) is 4.91. The van der Waals surface area contributed by atoms with Crippen molar-refractivity contribution in [1.29, 1.82) is 0 Å². The molecule has 112 valence electrons. The van der Waals surface area contributed by atoms with Crippen molar-refractivity contribution in [2.24, 2.45) is 0 Å². The molecule has 20 heavy (non-hydrogen) atoms. The summed E-state index contributed by atoms with van der Waals surface area (Å²) in [6.45, 7) is 7.05. The first-order valence-electron chi connectivity index (χ1n) is 8.14. The molecule has 2 atom stereocenters. The fraction of sp³-hybridized carbons (Fsp3) is 0.812. The number of hydrogen-bond acceptors (Lipinski definition) is 3. The summed E-state index contributed by atoms with van der Waals surface area (Å²) in [6.07, 6.45) is 8.32. The Morgan fingerprint density at radius 2 is 2.10 bits per heavy atom. The zero-order valence-corrected chi connectivity index (χ0v) is 12.8. The molecule has 4 nitrogen and oxygen atoms in total. The lowest BCUT2D eigenvalue weighted by Gasteiger charge is -2.37. The van der Waals surface area contributed by atoms with Crippen LogP contribution in [0.4, 0.5) is 0 Å². The van der Waals surface area contributed by atoms with Crippen molar-refractivity contribution < 1.29 is 5.11 Å². The summed E-state index contributed by atoms with van der Waals surface area (Å²) in [5.41, 5.74) is 1.23. The minimum absolute atomic E-state index is 0.231. The van der Waals surface area contributed by atoms with Crippen LogP contribution in [0.5, 0.6) is 0 Å². The summed E-state index contributed by atoms with van der Waals surface area (Å²) in [6, 6.07) is 1.05. The van der Waals surface area contributed by atoms with Gasteiger partial charge in [-0.3, -0.25) is 4.90 Å². The van der Waals surface area contributed by atoms with Crippen molar-refractivity contribution in [3.63, 3.8) is 0 Å². The van der Waals surface area contributed by atoms with Gasteiger partial charge in [-0.05, 0) is 46.1 Å². The number of rotatable bonds is 3. The van der Waals surface area contributed by atoms with Crippen LogP contribution in [0.3, 0.4) is 0 Å². The Morgan fingerprint density at radius 1 is 1.25 bits per heavy atom. The van der Waals surface area contributed by atoms with E-state index in [0.29, 0.717) is 12.1 Å². The maximum atomic E-state index is 9.53. The Balaban J connectivity index is 1.88. The average molecular weight is 277 g/mol. The third kappa shape index (κ3) is 2.51. The number of likely N-dealkylation sites (tertiary alicyclic amines) is 1. The molecule has 2 aliphatic heterocycles. The van der Waals surface area contributed by atoms with Gasteiger partial charge in [0.1, 0.15) is 5.82 Å². The molecule has 0 radical (unpaired) electrons. The van der Waals surface area contributed by atoms with Gasteiger partial charge in [-0.25, -0.2) is 4.98 Å². The van der Waals surface area contributed by atoms with E-state index in [0.717, 1.165) is 25.2 Å². The van der Waals surface area contributed by atoms with Gasteiger partial charge in [0.2, 0.25) is 0 Å². The van der Waals surface area contributed by atoms with Crippen LogP contribution in [0.15, 0.2) is 6.20 Å². The Labute approximate surface area is 121 Å². The summed E-state index contributed by atoms with van der Waals surface area (Å²) < 4.78 is 2.28. The maximum absolute atomic E-state index is 9.53. The molecule has 3 rings (SSSR count). The first-order valence-corrected chi connectivity index (χ1v) is 8.14. The van der Waals surface area contributed by atoms with Gasteiger partial charge in [0, 0.05) is 24.7 Å². The number of piperidine rings is 1. The SMILES string of the molecule is CC(C)N1CCCCC1c1cn2c(n1)C(CO)CCC2. The second-order valence-electron chi connectivity index (χ2n) is 6.58. The van der Waals surface area contributed by atoms with Gasteiger partial charge in [0.25, 0.3) is 0 Å². The molecule has 1 aromatic rings. The smallest absolute Gasteiger partial charge is 0.114 e. The van der Waals surface area contributed by atoms with E-state index in [1.165, 1.54) is 31.5 Å².